The normalized spacial score (nSPS) is 26.6. The van der Waals surface area contributed by atoms with Crippen LogP contribution in [0.2, 0.25) is 0 Å². The Morgan fingerprint density at radius 3 is 1.93 bits per heavy atom. The highest BCUT2D eigenvalue weighted by atomic mass is 16.5. The van der Waals surface area contributed by atoms with Gasteiger partial charge in [0.1, 0.15) is 6.29 Å². The minimum Gasteiger partial charge on any atom is -0.468 e. The molecule has 0 N–H and O–H groups in total. The Bertz CT molecular complexity index is 280. The van der Waals surface area contributed by atoms with Crippen molar-refractivity contribution in [3.63, 3.8) is 0 Å². The van der Waals surface area contributed by atoms with Gasteiger partial charge in [-0.05, 0) is 5.92 Å². The van der Waals surface area contributed by atoms with Crippen molar-refractivity contribution in [1.82, 2.24) is 0 Å². The number of rotatable bonds is 4. The van der Waals surface area contributed by atoms with Gasteiger partial charge in [0.25, 0.3) is 0 Å². The predicted octanol–water partition coefficient (Wildman–Crippen LogP) is 0.174. The number of aldehydes is 1. The van der Waals surface area contributed by atoms with Gasteiger partial charge in [-0.25, -0.2) is 0 Å². The summed E-state index contributed by atoms with van der Waals surface area (Å²) in [4.78, 5) is 33.9. The lowest BCUT2D eigenvalue weighted by Crippen LogP contribution is -2.32. The van der Waals surface area contributed by atoms with Crippen molar-refractivity contribution in [2.24, 2.45) is 17.3 Å². The van der Waals surface area contributed by atoms with Gasteiger partial charge in [-0.3, -0.25) is 9.59 Å². The number of esters is 2. The first-order chi connectivity index (χ1) is 7.10. The first-order valence-corrected chi connectivity index (χ1v) is 4.73. The monoisotopic (exact) mass is 214 g/mol. The van der Waals surface area contributed by atoms with Gasteiger partial charge in [0, 0.05) is 5.92 Å². The second-order valence-corrected chi connectivity index (χ2v) is 3.53. The van der Waals surface area contributed by atoms with Crippen LogP contribution < -0.4 is 0 Å². The predicted molar refractivity (Wildman–Crippen MR) is 49.8 cm³/mol. The molecule has 0 unspecified atom stereocenters. The standard InChI is InChI=1S/C10H14O5/c1-4-6-7(5-11)10(6,8(12)14-2)9(13)15-3/h5-7H,4H2,1-3H3/t6-,7-/m1/s1. The van der Waals surface area contributed by atoms with E-state index in [4.69, 9.17) is 0 Å². The van der Waals surface area contributed by atoms with E-state index in [2.05, 4.69) is 9.47 Å². The van der Waals surface area contributed by atoms with Crippen LogP contribution in [0, 0.1) is 17.3 Å². The fourth-order valence-electron chi connectivity index (χ4n) is 2.26. The number of methoxy groups -OCH3 is 2. The zero-order chi connectivity index (χ0) is 11.6. The van der Waals surface area contributed by atoms with E-state index in [1.54, 1.807) is 0 Å². The second-order valence-electron chi connectivity index (χ2n) is 3.53. The molecular weight excluding hydrogens is 200 g/mol. The van der Waals surface area contributed by atoms with Crippen molar-refractivity contribution in [2.75, 3.05) is 14.2 Å². The zero-order valence-corrected chi connectivity index (χ0v) is 8.98. The molecule has 0 aliphatic heterocycles. The van der Waals surface area contributed by atoms with E-state index in [9.17, 15) is 14.4 Å². The zero-order valence-electron chi connectivity index (χ0n) is 8.98. The average Bonchev–Trinajstić information content (AvgIpc) is 2.95. The average molecular weight is 214 g/mol. The van der Waals surface area contributed by atoms with Crippen LogP contribution in [-0.4, -0.2) is 32.4 Å². The Balaban J connectivity index is 3.05. The number of ether oxygens (including phenoxy) is 2. The van der Waals surface area contributed by atoms with Crippen LogP contribution in [0.4, 0.5) is 0 Å². The van der Waals surface area contributed by atoms with Gasteiger partial charge in [-0.2, -0.15) is 0 Å². The summed E-state index contributed by atoms with van der Waals surface area (Å²) in [5.41, 5.74) is -1.39. The molecule has 2 atom stereocenters. The summed E-state index contributed by atoms with van der Waals surface area (Å²) in [5, 5.41) is 0. The van der Waals surface area contributed by atoms with Gasteiger partial charge < -0.3 is 14.3 Å². The van der Waals surface area contributed by atoms with Crippen LogP contribution in [0.1, 0.15) is 13.3 Å². The maximum atomic E-state index is 11.6. The van der Waals surface area contributed by atoms with Crippen LogP contribution in [-0.2, 0) is 23.9 Å². The molecule has 1 fully saturated rings. The summed E-state index contributed by atoms with van der Waals surface area (Å²) in [6.07, 6.45) is 1.19. The minimum absolute atomic E-state index is 0.296. The summed E-state index contributed by atoms with van der Waals surface area (Å²) in [5.74, 6) is -2.27. The van der Waals surface area contributed by atoms with Crippen LogP contribution in [0.3, 0.4) is 0 Å². The molecule has 0 spiro atoms. The van der Waals surface area contributed by atoms with Crippen LogP contribution in [0.5, 0.6) is 0 Å². The lowest BCUT2D eigenvalue weighted by atomic mass is 10.0. The Morgan fingerprint density at radius 1 is 1.27 bits per heavy atom. The SMILES string of the molecule is CC[C@@H]1[C@@H](C=O)C1(C(=O)OC)C(=O)OC. The minimum atomic E-state index is -1.39. The van der Waals surface area contributed by atoms with Crippen molar-refractivity contribution in [2.45, 2.75) is 13.3 Å². The van der Waals surface area contributed by atoms with Crippen LogP contribution >= 0.6 is 0 Å². The first-order valence-electron chi connectivity index (χ1n) is 4.73. The molecule has 0 heterocycles. The first kappa shape index (κ1) is 11.7. The molecule has 0 bridgehead atoms. The molecule has 1 rings (SSSR count). The third-order valence-corrected chi connectivity index (χ3v) is 3.07. The van der Waals surface area contributed by atoms with E-state index in [0.29, 0.717) is 12.7 Å². The number of carbonyl (C=O) groups excluding carboxylic acids is 3. The number of hydrogen-bond acceptors (Lipinski definition) is 5. The highest BCUT2D eigenvalue weighted by Gasteiger charge is 2.75. The van der Waals surface area contributed by atoms with Gasteiger partial charge >= 0.3 is 11.9 Å². The fraction of sp³-hybridized carbons (Fsp3) is 0.700. The second kappa shape index (κ2) is 4.00. The molecule has 1 aliphatic carbocycles. The summed E-state index contributed by atoms with van der Waals surface area (Å²) >= 11 is 0. The Hall–Kier alpha value is -1.39. The van der Waals surface area contributed by atoms with Gasteiger partial charge in [0.05, 0.1) is 14.2 Å². The fourth-order valence-corrected chi connectivity index (χ4v) is 2.26. The maximum Gasteiger partial charge on any atom is 0.324 e. The molecule has 15 heavy (non-hydrogen) atoms. The Labute approximate surface area is 87.7 Å². The molecule has 0 aromatic heterocycles. The van der Waals surface area contributed by atoms with Gasteiger partial charge in [0.15, 0.2) is 5.41 Å². The van der Waals surface area contributed by atoms with Crippen molar-refractivity contribution < 1.29 is 23.9 Å². The van der Waals surface area contributed by atoms with Crippen LogP contribution in [0.15, 0.2) is 0 Å². The van der Waals surface area contributed by atoms with E-state index in [0.717, 1.165) is 0 Å². The molecule has 0 radical (unpaired) electrons. The highest BCUT2D eigenvalue weighted by molar-refractivity contribution is 6.07. The van der Waals surface area contributed by atoms with Crippen LogP contribution in [0.25, 0.3) is 0 Å². The summed E-state index contributed by atoms with van der Waals surface area (Å²) in [6.45, 7) is 1.81. The lowest BCUT2D eigenvalue weighted by Gasteiger charge is -2.11. The van der Waals surface area contributed by atoms with Crippen molar-refractivity contribution >= 4 is 18.2 Å². The number of hydrogen-bond donors (Lipinski definition) is 0. The summed E-state index contributed by atoms with van der Waals surface area (Å²) < 4.78 is 9.13. The lowest BCUT2D eigenvalue weighted by molar-refractivity contribution is -0.163. The van der Waals surface area contributed by atoms with Gasteiger partial charge in [0.2, 0.25) is 0 Å². The third kappa shape index (κ3) is 1.33. The maximum absolute atomic E-state index is 11.6. The van der Waals surface area contributed by atoms with E-state index >= 15 is 0 Å². The van der Waals surface area contributed by atoms with E-state index in [1.165, 1.54) is 14.2 Å². The molecule has 0 aromatic rings. The highest BCUT2D eigenvalue weighted by Crippen LogP contribution is 2.60. The van der Waals surface area contributed by atoms with E-state index in [-0.39, 0.29) is 5.92 Å². The number of carbonyl (C=O) groups is 3. The molecule has 5 heteroatoms. The van der Waals surface area contributed by atoms with Crippen molar-refractivity contribution in [3.8, 4) is 0 Å². The topological polar surface area (TPSA) is 69.7 Å². The molecule has 1 aliphatic rings. The Kier molecular flexibility index (Phi) is 3.12. The van der Waals surface area contributed by atoms with Gasteiger partial charge in [-0.15, -0.1) is 0 Å². The summed E-state index contributed by atoms with van der Waals surface area (Å²) in [7, 11) is 2.39. The van der Waals surface area contributed by atoms with Gasteiger partial charge in [-0.1, -0.05) is 13.3 Å². The molecule has 1 saturated carbocycles. The largest absolute Gasteiger partial charge is 0.468 e. The molecule has 0 amide bonds. The quantitative estimate of drug-likeness (QED) is 0.379. The molecule has 0 saturated heterocycles. The third-order valence-electron chi connectivity index (χ3n) is 3.07. The van der Waals surface area contributed by atoms with E-state index < -0.39 is 23.3 Å². The van der Waals surface area contributed by atoms with Crippen molar-refractivity contribution in [1.29, 1.82) is 0 Å². The van der Waals surface area contributed by atoms with E-state index in [1.807, 2.05) is 6.92 Å². The van der Waals surface area contributed by atoms with Crippen molar-refractivity contribution in [3.05, 3.63) is 0 Å². The Morgan fingerprint density at radius 2 is 1.73 bits per heavy atom. The molecule has 84 valence electrons. The molecule has 5 nitrogen and oxygen atoms in total. The molecular formula is C10H14O5. The smallest absolute Gasteiger partial charge is 0.324 e. The summed E-state index contributed by atoms with van der Waals surface area (Å²) in [6, 6.07) is 0. The molecule has 0 aromatic carbocycles.